The van der Waals surface area contributed by atoms with Gasteiger partial charge >= 0.3 is 12.1 Å². The molecule has 1 aromatic heterocycles. The van der Waals surface area contributed by atoms with Gasteiger partial charge in [0.1, 0.15) is 0 Å². The molecule has 20 heavy (non-hydrogen) atoms. The van der Waals surface area contributed by atoms with Gasteiger partial charge < -0.3 is 5.11 Å². The molecule has 0 radical (unpaired) electrons. The predicted octanol–water partition coefficient (Wildman–Crippen LogP) is 3.57. The molecule has 0 amide bonds. The molecule has 0 saturated carbocycles. The molecule has 0 unspecified atom stereocenters. The molecule has 0 fully saturated rings. The minimum absolute atomic E-state index is 0.226. The monoisotopic (exact) mass is 348 g/mol. The van der Waals surface area contributed by atoms with Gasteiger partial charge in [0.2, 0.25) is 0 Å². The average Bonchev–Trinajstić information content (AvgIpc) is 2.69. The van der Waals surface area contributed by atoms with Gasteiger partial charge in [0.05, 0.1) is 11.3 Å². The Balaban J connectivity index is 2.58. The minimum Gasteiger partial charge on any atom is -0.476 e. The van der Waals surface area contributed by atoms with Gasteiger partial charge in [-0.3, -0.25) is 4.68 Å². The highest BCUT2D eigenvalue weighted by Gasteiger charge is 2.31. The van der Waals surface area contributed by atoms with E-state index in [1.807, 2.05) is 0 Å². The van der Waals surface area contributed by atoms with Gasteiger partial charge in [0.15, 0.2) is 5.69 Å². The van der Waals surface area contributed by atoms with Gasteiger partial charge in [-0.25, -0.2) is 4.79 Å². The van der Waals surface area contributed by atoms with Crippen molar-refractivity contribution >= 4 is 21.9 Å². The molecular weight excluding hydrogens is 341 g/mol. The van der Waals surface area contributed by atoms with Crippen molar-refractivity contribution < 1.29 is 23.1 Å². The van der Waals surface area contributed by atoms with Crippen LogP contribution >= 0.6 is 15.9 Å². The normalized spacial score (nSPS) is 11.7. The second kappa shape index (κ2) is 4.93. The van der Waals surface area contributed by atoms with Crippen LogP contribution in [0.25, 0.3) is 11.3 Å². The Morgan fingerprint density at radius 3 is 2.45 bits per heavy atom. The summed E-state index contributed by atoms with van der Waals surface area (Å²) in [6.45, 7) is 0. The van der Waals surface area contributed by atoms with E-state index in [1.165, 1.54) is 23.9 Å². The third kappa shape index (κ3) is 2.84. The highest BCUT2D eigenvalue weighted by atomic mass is 79.9. The van der Waals surface area contributed by atoms with Crippen LogP contribution in [0.1, 0.15) is 16.1 Å². The number of rotatable bonds is 2. The molecule has 0 atom stereocenters. The maximum Gasteiger partial charge on any atom is 0.416 e. The summed E-state index contributed by atoms with van der Waals surface area (Å²) in [4.78, 5) is 10.8. The standard InChI is InChI=1S/C12H8BrF3N2O2/c1-18-10(5-9(17-18)11(19)20)6-2-7(12(14,15)16)4-8(13)3-6/h2-5H,1H3,(H,19,20). The van der Waals surface area contributed by atoms with Gasteiger partial charge in [-0.05, 0) is 24.3 Å². The number of aromatic carboxylic acids is 1. The van der Waals surface area contributed by atoms with Crippen LogP contribution in [0.4, 0.5) is 13.2 Å². The second-order valence-electron chi connectivity index (χ2n) is 4.07. The van der Waals surface area contributed by atoms with Crippen molar-refractivity contribution in [1.82, 2.24) is 9.78 Å². The number of carboxylic acid groups (broad SMARTS) is 1. The molecule has 4 nitrogen and oxygen atoms in total. The number of hydrogen-bond acceptors (Lipinski definition) is 2. The van der Waals surface area contributed by atoms with E-state index in [0.717, 1.165) is 12.1 Å². The summed E-state index contributed by atoms with van der Waals surface area (Å²) in [5.74, 6) is -1.24. The Labute approximate surface area is 120 Å². The molecule has 0 aliphatic carbocycles. The largest absolute Gasteiger partial charge is 0.476 e. The summed E-state index contributed by atoms with van der Waals surface area (Å²) in [5.41, 5.74) is -0.528. The van der Waals surface area contributed by atoms with Gasteiger partial charge in [-0.1, -0.05) is 15.9 Å². The van der Waals surface area contributed by atoms with Gasteiger partial charge in [-0.15, -0.1) is 0 Å². The van der Waals surface area contributed by atoms with Gasteiger partial charge in [-0.2, -0.15) is 18.3 Å². The van der Waals surface area contributed by atoms with Gasteiger partial charge in [0.25, 0.3) is 0 Å². The van der Waals surface area contributed by atoms with E-state index in [9.17, 15) is 18.0 Å². The van der Waals surface area contributed by atoms with Crippen LogP contribution < -0.4 is 0 Å². The number of carboxylic acids is 1. The third-order valence-corrected chi connectivity index (χ3v) is 3.08. The topological polar surface area (TPSA) is 55.1 Å². The molecule has 0 bridgehead atoms. The zero-order valence-corrected chi connectivity index (χ0v) is 11.7. The number of halogens is 4. The summed E-state index contributed by atoms with van der Waals surface area (Å²) in [5, 5.41) is 12.6. The molecule has 0 spiro atoms. The molecule has 1 heterocycles. The summed E-state index contributed by atoms with van der Waals surface area (Å²) < 4.78 is 39.8. The molecule has 2 aromatic rings. The highest BCUT2D eigenvalue weighted by molar-refractivity contribution is 9.10. The average molecular weight is 349 g/mol. The SMILES string of the molecule is Cn1nc(C(=O)O)cc1-c1cc(Br)cc(C(F)(F)F)c1. The van der Waals surface area contributed by atoms with E-state index in [2.05, 4.69) is 21.0 Å². The van der Waals surface area contributed by atoms with Crippen molar-refractivity contribution in [3.63, 3.8) is 0 Å². The Hall–Kier alpha value is -1.83. The van der Waals surface area contributed by atoms with Crippen molar-refractivity contribution in [2.24, 2.45) is 7.05 Å². The summed E-state index contributed by atoms with van der Waals surface area (Å²) in [6.07, 6.45) is -4.48. The smallest absolute Gasteiger partial charge is 0.416 e. The Kier molecular flexibility index (Phi) is 3.59. The number of aromatic nitrogens is 2. The molecule has 0 aliphatic heterocycles. The second-order valence-corrected chi connectivity index (χ2v) is 4.99. The number of hydrogen-bond donors (Lipinski definition) is 1. The number of alkyl halides is 3. The lowest BCUT2D eigenvalue weighted by atomic mass is 10.1. The minimum atomic E-state index is -4.48. The van der Waals surface area contributed by atoms with Crippen molar-refractivity contribution in [2.45, 2.75) is 6.18 Å². The fraction of sp³-hybridized carbons (Fsp3) is 0.167. The van der Waals surface area contributed by atoms with Crippen LogP contribution in [0.3, 0.4) is 0 Å². The van der Waals surface area contributed by atoms with E-state index in [-0.39, 0.29) is 21.4 Å². The number of carbonyl (C=O) groups is 1. The Morgan fingerprint density at radius 1 is 1.30 bits per heavy atom. The number of aryl methyl sites for hydroxylation is 1. The van der Waals surface area contributed by atoms with Crippen molar-refractivity contribution in [3.05, 3.63) is 40.0 Å². The number of nitrogens with zero attached hydrogens (tertiary/aromatic N) is 2. The van der Waals surface area contributed by atoms with E-state index >= 15 is 0 Å². The molecule has 1 aromatic carbocycles. The molecule has 1 N–H and O–H groups in total. The predicted molar refractivity (Wildman–Crippen MR) is 68.3 cm³/mol. The van der Waals surface area contributed by atoms with Crippen LogP contribution in [-0.4, -0.2) is 20.9 Å². The van der Waals surface area contributed by atoms with E-state index in [1.54, 1.807) is 0 Å². The quantitative estimate of drug-likeness (QED) is 0.902. The van der Waals surface area contributed by atoms with Crippen LogP contribution in [0.5, 0.6) is 0 Å². The van der Waals surface area contributed by atoms with Crippen molar-refractivity contribution in [1.29, 1.82) is 0 Å². The fourth-order valence-electron chi connectivity index (χ4n) is 1.74. The lowest BCUT2D eigenvalue weighted by Gasteiger charge is -2.10. The lowest BCUT2D eigenvalue weighted by molar-refractivity contribution is -0.137. The first kappa shape index (κ1) is 14.6. The lowest BCUT2D eigenvalue weighted by Crippen LogP contribution is -2.05. The summed E-state index contributed by atoms with van der Waals surface area (Å²) >= 11 is 3.02. The highest BCUT2D eigenvalue weighted by Crippen LogP contribution is 2.34. The van der Waals surface area contributed by atoms with Crippen LogP contribution in [0, 0.1) is 0 Å². The van der Waals surface area contributed by atoms with Crippen LogP contribution in [-0.2, 0) is 13.2 Å². The first-order valence-corrected chi connectivity index (χ1v) is 6.13. The van der Waals surface area contributed by atoms with Gasteiger partial charge in [0, 0.05) is 17.1 Å². The Bertz CT molecular complexity index is 680. The fourth-order valence-corrected chi connectivity index (χ4v) is 2.24. The maximum atomic E-state index is 12.8. The zero-order chi connectivity index (χ0) is 15.1. The first-order chi connectivity index (χ1) is 9.18. The molecule has 2 rings (SSSR count). The maximum absolute atomic E-state index is 12.8. The summed E-state index contributed by atoms with van der Waals surface area (Å²) in [7, 11) is 1.47. The molecule has 106 valence electrons. The molecular formula is C12H8BrF3N2O2. The summed E-state index contributed by atoms with van der Waals surface area (Å²) in [6, 6.07) is 4.60. The molecule has 0 aliphatic rings. The van der Waals surface area contributed by atoms with E-state index in [0.29, 0.717) is 0 Å². The zero-order valence-electron chi connectivity index (χ0n) is 10.1. The molecule has 8 heteroatoms. The van der Waals surface area contributed by atoms with E-state index < -0.39 is 17.7 Å². The van der Waals surface area contributed by atoms with Crippen LogP contribution in [0.2, 0.25) is 0 Å². The van der Waals surface area contributed by atoms with E-state index in [4.69, 9.17) is 5.11 Å². The first-order valence-electron chi connectivity index (χ1n) is 5.34. The Morgan fingerprint density at radius 2 is 1.95 bits per heavy atom. The number of benzene rings is 1. The molecule has 0 saturated heterocycles. The van der Waals surface area contributed by atoms with Crippen LogP contribution in [0.15, 0.2) is 28.7 Å². The third-order valence-electron chi connectivity index (χ3n) is 2.62. The van der Waals surface area contributed by atoms with Crippen molar-refractivity contribution in [3.8, 4) is 11.3 Å². The van der Waals surface area contributed by atoms with Crippen molar-refractivity contribution in [2.75, 3.05) is 0 Å².